The van der Waals surface area contributed by atoms with E-state index in [1.165, 1.54) is 13.2 Å². The van der Waals surface area contributed by atoms with Gasteiger partial charge in [0, 0.05) is 6.54 Å². The highest BCUT2D eigenvalue weighted by Gasteiger charge is 2.42. The van der Waals surface area contributed by atoms with Crippen molar-refractivity contribution in [2.75, 3.05) is 34.3 Å². The lowest BCUT2D eigenvalue weighted by Gasteiger charge is -2.26. The van der Waals surface area contributed by atoms with Gasteiger partial charge in [-0.25, -0.2) is 0 Å². The maximum atomic E-state index is 13.4. The number of aromatic hydroxyl groups is 1. The van der Waals surface area contributed by atoms with Crippen molar-refractivity contribution in [2.45, 2.75) is 12.5 Å². The Morgan fingerprint density at radius 3 is 2.67 bits per heavy atom. The summed E-state index contributed by atoms with van der Waals surface area (Å²) in [6.45, 7) is 1.26. The van der Waals surface area contributed by atoms with Crippen LogP contribution in [0.25, 0.3) is 11.0 Å². The fourth-order valence-electron chi connectivity index (χ4n) is 3.97. The zero-order valence-electron chi connectivity index (χ0n) is 17.2. The quantitative estimate of drug-likeness (QED) is 0.675. The van der Waals surface area contributed by atoms with Gasteiger partial charge in [0.1, 0.15) is 5.58 Å². The van der Waals surface area contributed by atoms with Gasteiger partial charge < -0.3 is 24.1 Å². The molecule has 1 aliphatic heterocycles. The lowest BCUT2D eigenvalue weighted by atomic mass is 9.98. The number of carbonyl (C=O) groups is 1. The molecule has 30 heavy (non-hydrogen) atoms. The van der Waals surface area contributed by atoms with Gasteiger partial charge in [-0.05, 0) is 56.9 Å². The zero-order valence-corrected chi connectivity index (χ0v) is 17.2. The summed E-state index contributed by atoms with van der Waals surface area (Å²) in [6, 6.07) is 11.2. The molecule has 2 aromatic carbocycles. The van der Waals surface area contributed by atoms with E-state index < -0.39 is 6.04 Å². The maximum absolute atomic E-state index is 13.4. The Bertz CT molecular complexity index is 1170. The predicted octanol–water partition coefficient (Wildman–Crippen LogP) is 3.00. The van der Waals surface area contributed by atoms with E-state index >= 15 is 0 Å². The second-order valence-electron chi connectivity index (χ2n) is 7.66. The lowest BCUT2D eigenvalue weighted by molar-refractivity contribution is 0.0722. The molecule has 0 unspecified atom stereocenters. The number of carbonyl (C=O) groups excluding carboxylic acids is 1. The Morgan fingerprint density at radius 2 is 1.93 bits per heavy atom. The van der Waals surface area contributed by atoms with Gasteiger partial charge >= 0.3 is 0 Å². The third-order valence-electron chi connectivity index (χ3n) is 5.40. The smallest absolute Gasteiger partial charge is 0.290 e. The maximum Gasteiger partial charge on any atom is 0.290 e. The van der Waals surface area contributed by atoms with Crippen molar-refractivity contribution in [1.29, 1.82) is 0 Å². The molecular weight excluding hydrogens is 384 g/mol. The molecule has 1 atom stereocenters. The van der Waals surface area contributed by atoms with E-state index in [4.69, 9.17) is 9.15 Å². The molecule has 7 nitrogen and oxygen atoms in total. The van der Waals surface area contributed by atoms with Gasteiger partial charge in [-0.1, -0.05) is 18.2 Å². The molecule has 1 aromatic heterocycles. The van der Waals surface area contributed by atoms with Crippen molar-refractivity contribution in [3.8, 4) is 11.5 Å². The van der Waals surface area contributed by atoms with Crippen molar-refractivity contribution in [3.63, 3.8) is 0 Å². The van der Waals surface area contributed by atoms with E-state index in [-0.39, 0.29) is 28.6 Å². The Hall–Kier alpha value is -3.32. The van der Waals surface area contributed by atoms with Crippen LogP contribution in [0.15, 0.2) is 51.7 Å². The number of phenolic OH excluding ortho intramolecular Hbond substituents is 1. The molecule has 0 aliphatic carbocycles. The molecule has 1 amide bonds. The minimum atomic E-state index is -0.606. The fraction of sp³-hybridized carbons (Fsp3) is 0.304. The Labute approximate surface area is 174 Å². The molecule has 3 aromatic rings. The minimum absolute atomic E-state index is 0.00417. The Kier molecular flexibility index (Phi) is 5.22. The van der Waals surface area contributed by atoms with Gasteiger partial charge in [0.25, 0.3) is 5.91 Å². The summed E-state index contributed by atoms with van der Waals surface area (Å²) in [5.41, 5.74) is 1.19. The largest absolute Gasteiger partial charge is 0.504 e. The first-order valence-corrected chi connectivity index (χ1v) is 9.80. The SMILES string of the molecule is COc1cc([C@@H]2c3c(oc4ccccc4c3=O)C(=O)N2CCCN(C)C)ccc1O. The zero-order chi connectivity index (χ0) is 21.4. The number of amides is 1. The van der Waals surface area contributed by atoms with E-state index in [1.54, 1.807) is 41.3 Å². The molecule has 0 bridgehead atoms. The number of hydrogen-bond donors (Lipinski definition) is 1. The van der Waals surface area contributed by atoms with E-state index in [2.05, 4.69) is 0 Å². The first kappa shape index (κ1) is 20.0. The number of benzene rings is 2. The summed E-state index contributed by atoms with van der Waals surface area (Å²) in [6.07, 6.45) is 0.742. The van der Waals surface area contributed by atoms with Gasteiger partial charge in [0.2, 0.25) is 5.76 Å². The Balaban J connectivity index is 1.89. The molecule has 1 aliphatic rings. The van der Waals surface area contributed by atoms with Gasteiger partial charge in [-0.3, -0.25) is 9.59 Å². The normalized spacial score (nSPS) is 15.8. The van der Waals surface area contributed by atoms with Crippen molar-refractivity contribution in [2.24, 2.45) is 0 Å². The van der Waals surface area contributed by atoms with Crippen LogP contribution >= 0.6 is 0 Å². The number of fused-ring (bicyclic) bond motifs is 2. The number of hydrogen-bond acceptors (Lipinski definition) is 6. The topological polar surface area (TPSA) is 83.2 Å². The number of methoxy groups -OCH3 is 1. The van der Waals surface area contributed by atoms with E-state index in [0.29, 0.717) is 28.6 Å². The predicted molar refractivity (Wildman–Crippen MR) is 113 cm³/mol. The summed E-state index contributed by atoms with van der Waals surface area (Å²) < 4.78 is 11.2. The van der Waals surface area contributed by atoms with Crippen LogP contribution < -0.4 is 10.2 Å². The van der Waals surface area contributed by atoms with Crippen LogP contribution in [-0.2, 0) is 0 Å². The van der Waals surface area contributed by atoms with E-state index in [9.17, 15) is 14.7 Å². The average molecular weight is 408 g/mol. The molecule has 0 fully saturated rings. The first-order chi connectivity index (χ1) is 14.4. The van der Waals surface area contributed by atoms with Crippen molar-refractivity contribution >= 4 is 16.9 Å². The molecular formula is C23H24N2O5. The number of nitrogens with zero attached hydrogens (tertiary/aromatic N) is 2. The van der Waals surface area contributed by atoms with Gasteiger partial charge in [0.15, 0.2) is 16.9 Å². The molecule has 2 heterocycles. The van der Waals surface area contributed by atoms with Gasteiger partial charge in [-0.15, -0.1) is 0 Å². The van der Waals surface area contributed by atoms with E-state index in [1.807, 2.05) is 19.0 Å². The van der Waals surface area contributed by atoms with Crippen LogP contribution in [0, 0.1) is 0 Å². The summed E-state index contributed by atoms with van der Waals surface area (Å²) in [4.78, 5) is 30.4. The Morgan fingerprint density at radius 1 is 1.17 bits per heavy atom. The number of phenols is 1. The number of ether oxygens (including phenoxy) is 1. The fourth-order valence-corrected chi connectivity index (χ4v) is 3.97. The van der Waals surface area contributed by atoms with Crippen LogP contribution in [0.2, 0.25) is 0 Å². The standard InChI is InChI=1S/C23H24N2O5/c1-24(2)11-6-12-25-20(14-9-10-16(26)18(13-14)29-3)19-21(27)15-7-4-5-8-17(15)30-22(19)23(25)28/h4-5,7-10,13,20,26H,6,11-12H2,1-3H3/t20-/m1/s1. The summed E-state index contributed by atoms with van der Waals surface area (Å²) in [5, 5.41) is 10.4. The highest BCUT2D eigenvalue weighted by atomic mass is 16.5. The van der Waals surface area contributed by atoms with Crippen molar-refractivity contribution in [3.05, 3.63) is 69.6 Å². The highest BCUT2D eigenvalue weighted by molar-refractivity contribution is 5.99. The minimum Gasteiger partial charge on any atom is -0.504 e. The molecule has 4 rings (SSSR count). The number of rotatable bonds is 6. The molecule has 156 valence electrons. The molecule has 1 N–H and O–H groups in total. The molecule has 0 saturated carbocycles. The summed E-state index contributed by atoms with van der Waals surface area (Å²) >= 11 is 0. The van der Waals surface area contributed by atoms with Crippen LogP contribution in [0.3, 0.4) is 0 Å². The molecule has 7 heteroatoms. The van der Waals surface area contributed by atoms with Crippen molar-refractivity contribution in [1.82, 2.24) is 9.80 Å². The second-order valence-corrected chi connectivity index (χ2v) is 7.66. The third-order valence-corrected chi connectivity index (χ3v) is 5.40. The highest BCUT2D eigenvalue weighted by Crippen LogP contribution is 2.40. The van der Waals surface area contributed by atoms with E-state index in [0.717, 1.165) is 13.0 Å². The summed E-state index contributed by atoms with van der Waals surface area (Å²) in [7, 11) is 5.41. The second kappa shape index (κ2) is 7.84. The van der Waals surface area contributed by atoms with Crippen molar-refractivity contribution < 1.29 is 19.1 Å². The van der Waals surface area contributed by atoms with Crippen LogP contribution in [0.4, 0.5) is 0 Å². The third kappa shape index (κ3) is 3.31. The number of para-hydroxylation sites is 1. The summed E-state index contributed by atoms with van der Waals surface area (Å²) in [5.74, 6) is 0.0616. The van der Waals surface area contributed by atoms with Gasteiger partial charge in [0.05, 0.1) is 24.1 Å². The molecule has 0 saturated heterocycles. The average Bonchev–Trinajstić information content (AvgIpc) is 3.01. The van der Waals surface area contributed by atoms with Crippen LogP contribution in [0.5, 0.6) is 11.5 Å². The molecule has 0 spiro atoms. The lowest BCUT2D eigenvalue weighted by Crippen LogP contribution is -2.32. The van der Waals surface area contributed by atoms with Crippen LogP contribution in [0.1, 0.15) is 34.1 Å². The van der Waals surface area contributed by atoms with Gasteiger partial charge in [-0.2, -0.15) is 0 Å². The molecule has 0 radical (unpaired) electrons. The van der Waals surface area contributed by atoms with Crippen LogP contribution in [-0.4, -0.2) is 55.1 Å². The monoisotopic (exact) mass is 408 g/mol. The first-order valence-electron chi connectivity index (χ1n) is 9.80.